The van der Waals surface area contributed by atoms with Gasteiger partial charge >= 0.3 is 0 Å². The fourth-order valence-electron chi connectivity index (χ4n) is 1.49. The van der Waals surface area contributed by atoms with E-state index < -0.39 is 10.8 Å². The number of carbonyl (C=O) groups is 1. The van der Waals surface area contributed by atoms with Crippen molar-refractivity contribution in [3.05, 3.63) is 24.3 Å². The van der Waals surface area contributed by atoms with Crippen LogP contribution < -0.4 is 11.1 Å². The van der Waals surface area contributed by atoms with Gasteiger partial charge in [0.1, 0.15) is 0 Å². The van der Waals surface area contributed by atoms with Gasteiger partial charge in [-0.05, 0) is 31.0 Å². The maximum absolute atomic E-state index is 11.9. The molecule has 1 aromatic rings. The molecule has 5 heteroatoms. The lowest BCUT2D eigenvalue weighted by atomic mass is 10.3. The fraction of sp³-hybridized carbons (Fsp3) is 0.417. The fourth-order valence-corrected chi connectivity index (χ4v) is 2.59. The number of carbonyl (C=O) groups excluding carboxylic acids is 1. The zero-order chi connectivity index (χ0) is 12.3. The predicted molar refractivity (Wildman–Crippen MR) is 67.9 cm³/mol. The standard InChI is InChI=1S/C12H16N2O2S/c13-9-2-1-3-11(8-9)17(16)7-6-12(15)14-10-4-5-10/h1-3,8,10H,4-7,13H2,(H,14,15). The molecule has 1 fully saturated rings. The third kappa shape index (κ3) is 3.85. The first-order chi connectivity index (χ1) is 8.15. The Kier molecular flexibility index (Phi) is 3.78. The minimum atomic E-state index is -1.15. The van der Waals surface area contributed by atoms with E-state index in [4.69, 9.17) is 5.73 Å². The van der Waals surface area contributed by atoms with Crippen molar-refractivity contribution in [3.8, 4) is 0 Å². The molecule has 0 bridgehead atoms. The van der Waals surface area contributed by atoms with Gasteiger partial charge in [0.25, 0.3) is 0 Å². The second-order valence-electron chi connectivity index (χ2n) is 4.21. The van der Waals surface area contributed by atoms with E-state index in [9.17, 15) is 9.00 Å². The molecular formula is C12H16N2O2S. The first-order valence-electron chi connectivity index (χ1n) is 5.68. The van der Waals surface area contributed by atoms with Crippen molar-refractivity contribution in [1.29, 1.82) is 0 Å². The summed E-state index contributed by atoms with van der Waals surface area (Å²) in [5.41, 5.74) is 6.21. The molecule has 0 radical (unpaired) electrons. The van der Waals surface area contributed by atoms with E-state index in [2.05, 4.69) is 5.32 Å². The number of hydrogen-bond acceptors (Lipinski definition) is 3. The molecule has 1 unspecified atom stereocenters. The minimum Gasteiger partial charge on any atom is -0.399 e. The van der Waals surface area contributed by atoms with Crippen LogP contribution in [0.4, 0.5) is 5.69 Å². The van der Waals surface area contributed by atoms with Gasteiger partial charge in [0.05, 0.1) is 10.8 Å². The molecule has 4 nitrogen and oxygen atoms in total. The van der Waals surface area contributed by atoms with Crippen LogP contribution >= 0.6 is 0 Å². The molecule has 3 N–H and O–H groups in total. The van der Waals surface area contributed by atoms with Crippen LogP contribution in [0.15, 0.2) is 29.2 Å². The van der Waals surface area contributed by atoms with Gasteiger partial charge in [-0.15, -0.1) is 0 Å². The van der Waals surface area contributed by atoms with E-state index in [0.717, 1.165) is 12.8 Å². The van der Waals surface area contributed by atoms with Crippen molar-refractivity contribution in [2.45, 2.75) is 30.2 Å². The highest BCUT2D eigenvalue weighted by Crippen LogP contribution is 2.18. The molecule has 1 aliphatic carbocycles. The van der Waals surface area contributed by atoms with Gasteiger partial charge in [-0.25, -0.2) is 0 Å². The highest BCUT2D eigenvalue weighted by Gasteiger charge is 2.23. The molecule has 1 aliphatic rings. The highest BCUT2D eigenvalue weighted by atomic mass is 32.2. The van der Waals surface area contributed by atoms with E-state index >= 15 is 0 Å². The second-order valence-corrected chi connectivity index (χ2v) is 5.78. The third-order valence-corrected chi connectivity index (χ3v) is 3.93. The second kappa shape index (κ2) is 5.31. The molecule has 0 aromatic heterocycles. The number of anilines is 1. The van der Waals surface area contributed by atoms with Gasteiger partial charge in [0, 0.05) is 28.8 Å². The summed E-state index contributed by atoms with van der Waals surface area (Å²) < 4.78 is 11.9. The van der Waals surface area contributed by atoms with E-state index in [-0.39, 0.29) is 5.91 Å². The Morgan fingerprint density at radius 3 is 2.88 bits per heavy atom. The Bertz CT molecular complexity index is 444. The van der Waals surface area contributed by atoms with Gasteiger partial charge in [0.15, 0.2) is 0 Å². The van der Waals surface area contributed by atoms with E-state index in [0.29, 0.717) is 28.8 Å². The van der Waals surface area contributed by atoms with Gasteiger partial charge in [-0.1, -0.05) is 6.07 Å². The molecule has 92 valence electrons. The number of benzene rings is 1. The number of nitrogens with two attached hydrogens (primary N) is 1. The summed E-state index contributed by atoms with van der Waals surface area (Å²) in [7, 11) is -1.15. The summed E-state index contributed by atoms with van der Waals surface area (Å²) >= 11 is 0. The lowest BCUT2D eigenvalue weighted by molar-refractivity contribution is -0.120. The van der Waals surface area contributed by atoms with Gasteiger partial charge in [0.2, 0.25) is 5.91 Å². The lowest BCUT2D eigenvalue weighted by Crippen LogP contribution is -2.26. The summed E-state index contributed by atoms with van der Waals surface area (Å²) in [6.45, 7) is 0. The molecule has 0 heterocycles. The molecule has 1 atom stereocenters. The highest BCUT2D eigenvalue weighted by molar-refractivity contribution is 7.85. The van der Waals surface area contributed by atoms with E-state index in [1.54, 1.807) is 24.3 Å². The zero-order valence-corrected chi connectivity index (χ0v) is 10.3. The number of amides is 1. The predicted octanol–water partition coefficient (Wildman–Crippen LogP) is 1.05. The van der Waals surface area contributed by atoms with Gasteiger partial charge in [-0.3, -0.25) is 9.00 Å². The Morgan fingerprint density at radius 2 is 2.24 bits per heavy atom. The molecule has 1 aromatic carbocycles. The summed E-state index contributed by atoms with van der Waals surface area (Å²) in [5.74, 6) is 0.340. The Balaban J connectivity index is 1.82. The first kappa shape index (κ1) is 12.1. The maximum atomic E-state index is 11.9. The Hall–Kier alpha value is -1.36. The largest absolute Gasteiger partial charge is 0.399 e. The summed E-state index contributed by atoms with van der Waals surface area (Å²) in [6.07, 6.45) is 2.45. The first-order valence-corrected chi connectivity index (χ1v) is 7.00. The minimum absolute atomic E-state index is 0.00949. The van der Waals surface area contributed by atoms with Crippen LogP contribution in [0.2, 0.25) is 0 Å². The van der Waals surface area contributed by atoms with Crippen LogP contribution in [0.5, 0.6) is 0 Å². The molecule has 0 saturated heterocycles. The molecule has 17 heavy (non-hydrogen) atoms. The quantitative estimate of drug-likeness (QED) is 0.769. The molecular weight excluding hydrogens is 236 g/mol. The topological polar surface area (TPSA) is 72.2 Å². The van der Waals surface area contributed by atoms with Crippen LogP contribution in [0.3, 0.4) is 0 Å². The third-order valence-electron chi connectivity index (χ3n) is 2.58. The lowest BCUT2D eigenvalue weighted by Gasteiger charge is -2.04. The van der Waals surface area contributed by atoms with Gasteiger partial charge in [-0.2, -0.15) is 0 Å². The van der Waals surface area contributed by atoms with Crippen LogP contribution in [-0.2, 0) is 15.6 Å². The Morgan fingerprint density at radius 1 is 1.47 bits per heavy atom. The summed E-state index contributed by atoms with van der Waals surface area (Å²) in [6, 6.07) is 7.34. The van der Waals surface area contributed by atoms with Crippen molar-refractivity contribution in [2.24, 2.45) is 0 Å². The van der Waals surface area contributed by atoms with Crippen molar-refractivity contribution in [3.63, 3.8) is 0 Å². The number of rotatable bonds is 5. The van der Waals surface area contributed by atoms with Crippen LogP contribution in [0, 0.1) is 0 Å². The monoisotopic (exact) mass is 252 g/mol. The van der Waals surface area contributed by atoms with Crippen molar-refractivity contribution in [1.82, 2.24) is 5.32 Å². The smallest absolute Gasteiger partial charge is 0.221 e. The number of nitrogens with one attached hydrogen (secondary N) is 1. The van der Waals surface area contributed by atoms with Crippen molar-refractivity contribution < 1.29 is 9.00 Å². The summed E-state index contributed by atoms with van der Waals surface area (Å²) in [4.78, 5) is 12.1. The number of nitrogen functional groups attached to an aromatic ring is 1. The molecule has 1 saturated carbocycles. The molecule has 1 amide bonds. The van der Waals surface area contributed by atoms with Crippen LogP contribution in [-0.4, -0.2) is 21.9 Å². The average Bonchev–Trinajstić information content (AvgIpc) is 3.10. The van der Waals surface area contributed by atoms with Crippen LogP contribution in [0.1, 0.15) is 19.3 Å². The maximum Gasteiger partial charge on any atom is 0.221 e. The van der Waals surface area contributed by atoms with Gasteiger partial charge < -0.3 is 11.1 Å². The molecule has 0 aliphatic heterocycles. The zero-order valence-electron chi connectivity index (χ0n) is 9.52. The summed E-state index contributed by atoms with van der Waals surface area (Å²) in [5, 5.41) is 2.87. The SMILES string of the molecule is Nc1cccc(S(=O)CCC(=O)NC2CC2)c1. The molecule has 2 rings (SSSR count). The molecule has 0 spiro atoms. The average molecular weight is 252 g/mol. The van der Waals surface area contributed by atoms with E-state index in [1.165, 1.54) is 0 Å². The van der Waals surface area contributed by atoms with Crippen molar-refractivity contribution >= 4 is 22.4 Å². The van der Waals surface area contributed by atoms with E-state index in [1.807, 2.05) is 0 Å². The normalized spacial score (nSPS) is 16.5. The Labute approximate surface area is 103 Å². The van der Waals surface area contributed by atoms with Crippen molar-refractivity contribution in [2.75, 3.05) is 11.5 Å². The number of hydrogen-bond donors (Lipinski definition) is 2. The van der Waals surface area contributed by atoms with Crippen LogP contribution in [0.25, 0.3) is 0 Å².